The van der Waals surface area contributed by atoms with Crippen LogP contribution in [0.25, 0.3) is 0 Å². The van der Waals surface area contributed by atoms with Crippen molar-refractivity contribution in [2.75, 3.05) is 15.7 Å². The maximum atomic E-state index is 12.9. The fourth-order valence-electron chi connectivity index (χ4n) is 2.48. The maximum absolute atomic E-state index is 12.9. The molecule has 0 saturated carbocycles. The molecule has 0 atom stereocenters. The van der Waals surface area contributed by atoms with Gasteiger partial charge < -0.3 is 5.11 Å². The Morgan fingerprint density at radius 2 is 1.78 bits per heavy atom. The number of nitrogens with zero attached hydrogens (tertiary/aromatic N) is 2. The number of hydrogen-bond acceptors (Lipinski definition) is 4. The zero-order valence-corrected chi connectivity index (χ0v) is 15.1. The highest BCUT2D eigenvalue weighted by molar-refractivity contribution is 14.1. The van der Waals surface area contributed by atoms with E-state index in [0.717, 1.165) is 7.88 Å². The molecule has 0 spiro atoms. The number of fused-ring (bicyclic) bond motifs is 1. The van der Waals surface area contributed by atoms with E-state index in [4.69, 9.17) is 0 Å². The van der Waals surface area contributed by atoms with Gasteiger partial charge in [0, 0.05) is 16.2 Å². The molecule has 2 amide bonds. The van der Waals surface area contributed by atoms with Gasteiger partial charge in [-0.1, -0.05) is 0 Å². The van der Waals surface area contributed by atoms with Crippen molar-refractivity contribution in [2.45, 2.75) is 11.8 Å². The lowest BCUT2D eigenvalue weighted by Crippen LogP contribution is -2.51. The molecule has 1 aliphatic rings. The average Bonchev–Trinajstić information content (AvgIpc) is 2.49. The van der Waals surface area contributed by atoms with Gasteiger partial charge in [0.15, 0.2) is 0 Å². The number of anilines is 2. The summed E-state index contributed by atoms with van der Waals surface area (Å²) in [7, 11) is -4.03. The lowest BCUT2D eigenvalue weighted by Gasteiger charge is -2.35. The van der Waals surface area contributed by atoms with Gasteiger partial charge in [-0.2, -0.15) is 4.31 Å². The van der Waals surface area contributed by atoms with E-state index >= 15 is 0 Å². The van der Waals surface area contributed by atoms with Crippen LogP contribution in [0, 0.1) is 3.57 Å². The Morgan fingerprint density at radius 3 is 2.39 bits per heavy atom. The molecule has 1 N–H and O–H groups in total. The molecule has 0 radical (unpaired) electrons. The Morgan fingerprint density at radius 1 is 1.13 bits per heavy atom. The highest BCUT2D eigenvalue weighted by Gasteiger charge is 2.42. The number of amides is 2. The number of hydrogen-bond donors (Lipinski definition) is 1. The van der Waals surface area contributed by atoms with Crippen LogP contribution in [0.5, 0.6) is 5.75 Å². The molecule has 0 saturated heterocycles. The summed E-state index contributed by atoms with van der Waals surface area (Å²) in [5.74, 6) is -0.0899. The molecular weight excluding hydrogens is 431 g/mol. The first-order valence-electron chi connectivity index (χ1n) is 6.81. The van der Waals surface area contributed by atoms with Crippen LogP contribution >= 0.6 is 22.6 Å². The second-order valence-corrected chi connectivity index (χ2v) is 7.93. The number of urea groups is 1. The SMILES string of the molecule is CCN1C(=O)N(c2ccc(I)cc2)S(=O)(=O)c2ccc(O)cc21. The number of carbonyl (C=O) groups excluding carboxylic acids is 1. The highest BCUT2D eigenvalue weighted by Crippen LogP contribution is 2.38. The minimum absolute atomic E-state index is 0.00435. The molecular formula is C15H13IN2O4S. The lowest BCUT2D eigenvalue weighted by molar-refractivity contribution is 0.254. The molecule has 2 aromatic carbocycles. The van der Waals surface area contributed by atoms with Gasteiger partial charge in [0.25, 0.3) is 10.0 Å². The number of halogens is 1. The second kappa shape index (κ2) is 5.68. The van der Waals surface area contributed by atoms with Crippen LogP contribution in [0.1, 0.15) is 6.92 Å². The van der Waals surface area contributed by atoms with Gasteiger partial charge in [-0.25, -0.2) is 13.2 Å². The summed E-state index contributed by atoms with van der Waals surface area (Å²) in [6, 6.07) is 9.91. The van der Waals surface area contributed by atoms with Crippen LogP contribution in [0.4, 0.5) is 16.2 Å². The van der Waals surface area contributed by atoms with Crippen molar-refractivity contribution < 1.29 is 18.3 Å². The van der Waals surface area contributed by atoms with Gasteiger partial charge in [0.2, 0.25) is 0 Å². The quantitative estimate of drug-likeness (QED) is 0.723. The summed E-state index contributed by atoms with van der Waals surface area (Å²) < 4.78 is 27.5. The zero-order chi connectivity index (χ0) is 16.8. The Hall–Kier alpha value is -1.81. The Kier molecular flexibility index (Phi) is 3.96. The number of aromatic hydroxyl groups is 1. The van der Waals surface area contributed by atoms with E-state index in [1.165, 1.54) is 23.1 Å². The summed E-state index contributed by atoms with van der Waals surface area (Å²) in [5.41, 5.74) is 0.479. The van der Waals surface area contributed by atoms with Gasteiger partial charge in [-0.05, 0) is 65.9 Å². The van der Waals surface area contributed by atoms with Crippen LogP contribution < -0.4 is 9.21 Å². The molecule has 1 aliphatic heterocycles. The summed E-state index contributed by atoms with van der Waals surface area (Å²) in [6.07, 6.45) is 0. The molecule has 120 valence electrons. The topological polar surface area (TPSA) is 77.9 Å². The minimum atomic E-state index is -4.03. The van der Waals surface area contributed by atoms with Crippen LogP contribution in [-0.2, 0) is 10.0 Å². The molecule has 23 heavy (non-hydrogen) atoms. The van der Waals surface area contributed by atoms with E-state index in [0.29, 0.717) is 0 Å². The lowest BCUT2D eigenvalue weighted by atomic mass is 10.2. The van der Waals surface area contributed by atoms with Crippen LogP contribution in [0.3, 0.4) is 0 Å². The highest BCUT2D eigenvalue weighted by atomic mass is 127. The van der Waals surface area contributed by atoms with E-state index in [-0.39, 0.29) is 28.6 Å². The monoisotopic (exact) mass is 444 g/mol. The van der Waals surface area contributed by atoms with E-state index in [9.17, 15) is 18.3 Å². The van der Waals surface area contributed by atoms with Crippen LogP contribution in [0.15, 0.2) is 47.4 Å². The standard InChI is InChI=1S/C15H13IN2O4S/c1-2-17-13-9-12(19)7-8-14(13)23(21,22)18(15(17)20)11-5-3-10(16)4-6-11/h3-9,19H,2H2,1H3. The summed E-state index contributed by atoms with van der Waals surface area (Å²) in [4.78, 5) is 14.0. The Labute approximate surface area is 147 Å². The van der Waals surface area contributed by atoms with E-state index in [1.807, 2.05) is 0 Å². The van der Waals surface area contributed by atoms with E-state index in [1.54, 1.807) is 31.2 Å². The van der Waals surface area contributed by atoms with Crippen molar-refractivity contribution in [1.29, 1.82) is 0 Å². The van der Waals surface area contributed by atoms with Crippen molar-refractivity contribution >= 4 is 50.0 Å². The van der Waals surface area contributed by atoms with Gasteiger partial charge in [0.05, 0.1) is 11.4 Å². The van der Waals surface area contributed by atoms with Crippen molar-refractivity contribution in [3.8, 4) is 5.75 Å². The third-order valence-electron chi connectivity index (χ3n) is 3.53. The number of rotatable bonds is 2. The van der Waals surface area contributed by atoms with Crippen LogP contribution in [0.2, 0.25) is 0 Å². The minimum Gasteiger partial charge on any atom is -0.508 e. The van der Waals surface area contributed by atoms with Crippen molar-refractivity contribution in [3.05, 3.63) is 46.0 Å². The van der Waals surface area contributed by atoms with E-state index in [2.05, 4.69) is 22.6 Å². The van der Waals surface area contributed by atoms with Crippen molar-refractivity contribution in [3.63, 3.8) is 0 Å². The first-order chi connectivity index (χ1) is 10.9. The molecule has 6 nitrogen and oxygen atoms in total. The summed E-state index contributed by atoms with van der Waals surface area (Å²) >= 11 is 2.11. The zero-order valence-electron chi connectivity index (χ0n) is 12.1. The van der Waals surface area contributed by atoms with E-state index < -0.39 is 16.1 Å². The first kappa shape index (κ1) is 16.1. The van der Waals surface area contributed by atoms with Crippen LogP contribution in [-0.4, -0.2) is 26.1 Å². The molecule has 0 aromatic heterocycles. The molecule has 1 heterocycles. The second-order valence-electron chi connectivity index (χ2n) is 4.92. The molecule has 0 unspecified atom stereocenters. The molecule has 2 aromatic rings. The fraction of sp³-hybridized carbons (Fsp3) is 0.133. The molecule has 0 aliphatic carbocycles. The summed E-state index contributed by atoms with van der Waals surface area (Å²) in [6.45, 7) is 2.03. The van der Waals surface area contributed by atoms with Gasteiger partial charge in [-0.15, -0.1) is 0 Å². The van der Waals surface area contributed by atoms with Crippen molar-refractivity contribution in [2.24, 2.45) is 0 Å². The van der Waals surface area contributed by atoms with Gasteiger partial charge in [-0.3, -0.25) is 4.90 Å². The number of phenols is 1. The number of sulfonamides is 1. The molecule has 8 heteroatoms. The average molecular weight is 444 g/mol. The van der Waals surface area contributed by atoms with Gasteiger partial charge >= 0.3 is 6.03 Å². The first-order valence-corrected chi connectivity index (χ1v) is 9.33. The predicted molar refractivity (Wildman–Crippen MR) is 95.3 cm³/mol. The largest absolute Gasteiger partial charge is 0.508 e. The normalized spacial score (nSPS) is 16.3. The molecule has 0 fully saturated rings. The predicted octanol–water partition coefficient (Wildman–Crippen LogP) is 3.15. The summed E-state index contributed by atoms with van der Waals surface area (Å²) in [5, 5.41) is 9.62. The molecule has 0 bridgehead atoms. The third kappa shape index (κ3) is 2.55. The Bertz CT molecular complexity index is 881. The third-order valence-corrected chi connectivity index (χ3v) is 6.00. The smallest absolute Gasteiger partial charge is 0.343 e. The fourth-order valence-corrected chi connectivity index (χ4v) is 4.41. The van der Waals surface area contributed by atoms with Crippen molar-refractivity contribution in [1.82, 2.24) is 0 Å². The number of benzene rings is 2. The Balaban J connectivity index is 2.25. The van der Waals surface area contributed by atoms with Gasteiger partial charge in [0.1, 0.15) is 10.6 Å². The number of phenolic OH excluding ortho intramolecular Hbond substituents is 1. The maximum Gasteiger partial charge on any atom is 0.343 e. The molecule has 3 rings (SSSR count). The number of carbonyl (C=O) groups is 1.